The topological polar surface area (TPSA) is 41.6 Å². The fourth-order valence-corrected chi connectivity index (χ4v) is 3.09. The second-order valence-electron chi connectivity index (χ2n) is 6.12. The van der Waals surface area contributed by atoms with Gasteiger partial charge in [0.25, 0.3) is 0 Å². The van der Waals surface area contributed by atoms with E-state index in [1.807, 2.05) is 0 Å². The Kier molecular flexibility index (Phi) is 6.23. The second-order valence-corrected chi connectivity index (χ2v) is 6.53. The molecule has 0 aliphatic carbocycles. The van der Waals surface area contributed by atoms with E-state index < -0.39 is 23.4 Å². The van der Waals surface area contributed by atoms with E-state index in [1.54, 1.807) is 4.90 Å². The van der Waals surface area contributed by atoms with Crippen molar-refractivity contribution in [2.75, 3.05) is 36.5 Å². The lowest BCUT2D eigenvalue weighted by Gasteiger charge is -2.31. The molecule has 1 aliphatic heterocycles. The van der Waals surface area contributed by atoms with Gasteiger partial charge in [-0.3, -0.25) is 4.79 Å². The summed E-state index contributed by atoms with van der Waals surface area (Å²) in [7, 11) is 0. The number of carbonyl (C=O) groups is 1. The maximum atomic E-state index is 14.6. The first-order chi connectivity index (χ1) is 13.0. The molecule has 1 saturated heterocycles. The molecule has 3 rings (SSSR count). The first-order valence-electron chi connectivity index (χ1n) is 8.51. The lowest BCUT2D eigenvalue weighted by Crippen LogP contribution is -2.37. The molecule has 0 radical (unpaired) electrons. The van der Waals surface area contributed by atoms with Gasteiger partial charge in [0.15, 0.2) is 17.5 Å². The largest absolute Gasteiger partial charge is 0.378 e. The number of hydrogen-bond donors (Lipinski definition) is 1. The Balaban J connectivity index is 1.73. The van der Waals surface area contributed by atoms with Gasteiger partial charge in [-0.1, -0.05) is 23.7 Å². The molecule has 1 aliphatic rings. The molecule has 0 spiro atoms. The molecule has 2 aromatic carbocycles. The van der Waals surface area contributed by atoms with Gasteiger partial charge < -0.3 is 15.0 Å². The number of benzene rings is 2. The van der Waals surface area contributed by atoms with Crippen LogP contribution in [0.5, 0.6) is 0 Å². The Labute approximate surface area is 159 Å². The predicted octanol–water partition coefficient (Wildman–Crippen LogP) is 4.17. The number of aryl methyl sites for hydroxylation is 1. The minimum atomic E-state index is -0.961. The van der Waals surface area contributed by atoms with E-state index in [2.05, 4.69) is 5.32 Å². The number of morpholine rings is 1. The number of hydrogen-bond acceptors (Lipinski definition) is 3. The molecule has 1 N–H and O–H groups in total. The molecule has 2 aromatic rings. The first-order valence-corrected chi connectivity index (χ1v) is 8.88. The first kappa shape index (κ1) is 19.5. The van der Waals surface area contributed by atoms with Crippen molar-refractivity contribution in [2.45, 2.75) is 12.8 Å². The summed E-state index contributed by atoms with van der Waals surface area (Å²) < 4.78 is 46.8. The lowest BCUT2D eigenvalue weighted by molar-refractivity contribution is -0.116. The molecule has 27 heavy (non-hydrogen) atoms. The number of halogens is 4. The average molecular weight is 399 g/mol. The van der Waals surface area contributed by atoms with Crippen LogP contribution in [0.25, 0.3) is 0 Å². The summed E-state index contributed by atoms with van der Waals surface area (Å²) in [5.41, 5.74) is 0.598. The van der Waals surface area contributed by atoms with Gasteiger partial charge in [0.2, 0.25) is 5.91 Å². The van der Waals surface area contributed by atoms with Crippen LogP contribution in [0.4, 0.5) is 24.5 Å². The highest BCUT2D eigenvalue weighted by atomic mass is 35.5. The van der Waals surface area contributed by atoms with E-state index in [4.69, 9.17) is 16.3 Å². The van der Waals surface area contributed by atoms with Crippen molar-refractivity contribution in [3.8, 4) is 0 Å². The SMILES string of the molecule is O=C(CCc1cccc(F)c1F)Nc1ccc(Cl)c(F)c1N1CCOCC1. The van der Waals surface area contributed by atoms with Crippen molar-refractivity contribution >= 4 is 28.9 Å². The number of nitrogens with one attached hydrogen (secondary N) is 1. The normalized spacial score (nSPS) is 14.3. The number of ether oxygens (including phenoxy) is 1. The molecule has 0 saturated carbocycles. The third-order valence-electron chi connectivity index (χ3n) is 4.32. The monoisotopic (exact) mass is 398 g/mol. The van der Waals surface area contributed by atoms with Gasteiger partial charge in [0, 0.05) is 19.5 Å². The van der Waals surface area contributed by atoms with Gasteiger partial charge >= 0.3 is 0 Å². The highest BCUT2D eigenvalue weighted by Crippen LogP contribution is 2.34. The van der Waals surface area contributed by atoms with Gasteiger partial charge in [-0.15, -0.1) is 0 Å². The lowest BCUT2D eigenvalue weighted by atomic mass is 10.1. The highest BCUT2D eigenvalue weighted by Gasteiger charge is 2.22. The summed E-state index contributed by atoms with van der Waals surface area (Å²) in [6.07, 6.45) is -0.0500. The smallest absolute Gasteiger partial charge is 0.224 e. The zero-order chi connectivity index (χ0) is 19.4. The van der Waals surface area contributed by atoms with Gasteiger partial charge in [-0.05, 0) is 30.2 Å². The van der Waals surface area contributed by atoms with Crippen molar-refractivity contribution in [1.29, 1.82) is 0 Å². The van der Waals surface area contributed by atoms with E-state index in [0.717, 1.165) is 6.07 Å². The van der Waals surface area contributed by atoms with Crippen LogP contribution in [0.2, 0.25) is 5.02 Å². The van der Waals surface area contributed by atoms with Gasteiger partial charge in [0.05, 0.1) is 29.6 Å². The van der Waals surface area contributed by atoms with Crippen LogP contribution < -0.4 is 10.2 Å². The van der Waals surface area contributed by atoms with Crippen LogP contribution in [0.3, 0.4) is 0 Å². The van der Waals surface area contributed by atoms with Crippen molar-refractivity contribution < 1.29 is 22.7 Å². The van der Waals surface area contributed by atoms with Crippen molar-refractivity contribution in [3.05, 3.63) is 58.4 Å². The average Bonchev–Trinajstić information content (AvgIpc) is 2.67. The number of amides is 1. The number of carbonyl (C=O) groups excluding carboxylic acids is 1. The Bertz CT molecular complexity index is 842. The minimum Gasteiger partial charge on any atom is -0.378 e. The Morgan fingerprint density at radius 3 is 2.59 bits per heavy atom. The third-order valence-corrected chi connectivity index (χ3v) is 4.62. The highest BCUT2D eigenvalue weighted by molar-refractivity contribution is 6.31. The van der Waals surface area contributed by atoms with E-state index in [0.29, 0.717) is 26.3 Å². The van der Waals surface area contributed by atoms with E-state index >= 15 is 0 Å². The summed E-state index contributed by atoms with van der Waals surface area (Å²) in [5.74, 6) is -2.97. The maximum Gasteiger partial charge on any atom is 0.224 e. The molecule has 4 nitrogen and oxygen atoms in total. The predicted molar refractivity (Wildman–Crippen MR) is 97.8 cm³/mol. The molecular weight excluding hydrogens is 381 g/mol. The molecule has 1 fully saturated rings. The molecule has 8 heteroatoms. The molecule has 1 amide bonds. The van der Waals surface area contributed by atoms with Crippen LogP contribution >= 0.6 is 11.6 Å². The Morgan fingerprint density at radius 1 is 1.11 bits per heavy atom. The number of nitrogens with zero attached hydrogens (tertiary/aromatic N) is 1. The molecule has 0 atom stereocenters. The van der Waals surface area contributed by atoms with Gasteiger partial charge in [-0.25, -0.2) is 13.2 Å². The quantitative estimate of drug-likeness (QED) is 0.822. The van der Waals surface area contributed by atoms with Gasteiger partial charge in [-0.2, -0.15) is 0 Å². The second kappa shape index (κ2) is 8.63. The molecule has 1 heterocycles. The van der Waals surface area contributed by atoms with Crippen molar-refractivity contribution in [3.63, 3.8) is 0 Å². The van der Waals surface area contributed by atoms with Crippen LogP contribution in [0, 0.1) is 17.5 Å². The zero-order valence-corrected chi connectivity index (χ0v) is 15.2. The number of anilines is 2. The van der Waals surface area contributed by atoms with Crippen LogP contribution in [-0.2, 0) is 16.0 Å². The standard InChI is InChI=1S/C19H18ClF3N2O2/c20-13-5-6-15(19(18(13)23)25-8-10-27-11-9-25)24-16(26)7-4-12-2-1-3-14(21)17(12)22/h1-3,5-6H,4,7-11H2,(H,24,26). The van der Waals surface area contributed by atoms with E-state index in [9.17, 15) is 18.0 Å². The third kappa shape index (κ3) is 4.54. The number of rotatable bonds is 5. The molecular formula is C19H18ClF3N2O2. The summed E-state index contributed by atoms with van der Waals surface area (Å²) >= 11 is 5.89. The fourth-order valence-electron chi connectivity index (χ4n) is 2.94. The minimum absolute atomic E-state index is 0.0262. The molecule has 0 aromatic heterocycles. The summed E-state index contributed by atoms with van der Waals surface area (Å²) in [5, 5.41) is 2.60. The summed E-state index contributed by atoms with van der Waals surface area (Å²) in [6.45, 7) is 1.82. The van der Waals surface area contributed by atoms with E-state index in [-0.39, 0.29) is 34.8 Å². The maximum absolute atomic E-state index is 14.6. The fraction of sp³-hybridized carbons (Fsp3) is 0.316. The van der Waals surface area contributed by atoms with Crippen molar-refractivity contribution in [2.24, 2.45) is 0 Å². The summed E-state index contributed by atoms with van der Waals surface area (Å²) in [4.78, 5) is 14.0. The Morgan fingerprint density at radius 2 is 1.85 bits per heavy atom. The van der Waals surface area contributed by atoms with Crippen LogP contribution in [-0.4, -0.2) is 32.2 Å². The molecule has 0 unspecified atom stereocenters. The molecule has 0 bridgehead atoms. The van der Waals surface area contributed by atoms with Crippen LogP contribution in [0.15, 0.2) is 30.3 Å². The Hall–Kier alpha value is -2.25. The zero-order valence-electron chi connectivity index (χ0n) is 14.4. The van der Waals surface area contributed by atoms with E-state index in [1.165, 1.54) is 24.3 Å². The van der Waals surface area contributed by atoms with Crippen molar-refractivity contribution in [1.82, 2.24) is 0 Å². The molecule has 144 valence electrons. The van der Waals surface area contributed by atoms with Crippen LogP contribution in [0.1, 0.15) is 12.0 Å². The van der Waals surface area contributed by atoms with Gasteiger partial charge in [0.1, 0.15) is 0 Å². The summed E-state index contributed by atoms with van der Waals surface area (Å²) in [6, 6.07) is 6.72.